The molecule has 5 heteroatoms. The minimum Gasteiger partial charge on any atom is -0.395 e. The molecule has 1 aliphatic rings. The van der Waals surface area contributed by atoms with Gasteiger partial charge in [0.05, 0.1) is 17.9 Å². The number of aliphatic hydroxyl groups excluding tert-OH is 1. The van der Waals surface area contributed by atoms with E-state index in [1.165, 1.54) is 4.90 Å². The van der Waals surface area contributed by atoms with E-state index in [0.717, 1.165) is 11.1 Å². The number of likely N-dealkylation sites (N-methyl/N-ethyl adjacent to an activating group) is 1. The summed E-state index contributed by atoms with van der Waals surface area (Å²) in [5.41, 5.74) is 3.81. The van der Waals surface area contributed by atoms with Crippen LogP contribution in [-0.2, 0) is 9.59 Å². The largest absolute Gasteiger partial charge is 0.395 e. The third-order valence-electron chi connectivity index (χ3n) is 4.54. The van der Waals surface area contributed by atoms with Gasteiger partial charge >= 0.3 is 0 Å². The van der Waals surface area contributed by atoms with Gasteiger partial charge in [-0.3, -0.25) is 9.59 Å². The third-order valence-corrected chi connectivity index (χ3v) is 4.54. The van der Waals surface area contributed by atoms with Crippen molar-refractivity contribution < 1.29 is 14.7 Å². The number of rotatable bonds is 5. The lowest BCUT2D eigenvalue weighted by atomic mass is 10.0. The van der Waals surface area contributed by atoms with Gasteiger partial charge in [0.25, 0.3) is 11.8 Å². The third kappa shape index (κ3) is 3.02. The summed E-state index contributed by atoms with van der Waals surface area (Å²) >= 11 is 0. The molecule has 0 spiro atoms. The van der Waals surface area contributed by atoms with E-state index in [1.807, 2.05) is 62.4 Å². The number of anilines is 1. The minimum absolute atomic E-state index is 0.104. The van der Waals surface area contributed by atoms with Gasteiger partial charge < -0.3 is 10.0 Å². The molecule has 1 N–H and O–H groups in total. The number of nitrogens with zero attached hydrogens (tertiary/aromatic N) is 2. The smallest absolute Gasteiger partial charge is 0.282 e. The Labute approximate surface area is 153 Å². The molecule has 0 aromatic heterocycles. The Morgan fingerprint density at radius 1 is 1.00 bits per heavy atom. The second-order valence-corrected chi connectivity index (χ2v) is 6.47. The van der Waals surface area contributed by atoms with Crippen molar-refractivity contribution in [3.8, 4) is 0 Å². The van der Waals surface area contributed by atoms with Gasteiger partial charge in [0.2, 0.25) is 0 Å². The maximum atomic E-state index is 13.3. The molecule has 2 amide bonds. The lowest BCUT2D eigenvalue weighted by Crippen LogP contribution is -2.35. The van der Waals surface area contributed by atoms with Crippen LogP contribution in [0.3, 0.4) is 0 Å². The predicted molar refractivity (Wildman–Crippen MR) is 101 cm³/mol. The number of hydrogen-bond donors (Lipinski definition) is 1. The zero-order valence-corrected chi connectivity index (χ0v) is 15.2. The summed E-state index contributed by atoms with van der Waals surface area (Å²) < 4.78 is 0. The van der Waals surface area contributed by atoms with Crippen LogP contribution in [0.15, 0.2) is 54.2 Å². The summed E-state index contributed by atoms with van der Waals surface area (Å²) in [6.45, 7) is 3.98. The second-order valence-electron chi connectivity index (χ2n) is 6.47. The molecule has 0 aliphatic carbocycles. The van der Waals surface area contributed by atoms with Crippen molar-refractivity contribution in [3.05, 3.63) is 70.9 Å². The van der Waals surface area contributed by atoms with Gasteiger partial charge in [-0.25, -0.2) is 4.90 Å². The molecule has 26 heavy (non-hydrogen) atoms. The van der Waals surface area contributed by atoms with Gasteiger partial charge in [-0.05, 0) is 36.6 Å². The van der Waals surface area contributed by atoms with Crippen LogP contribution >= 0.6 is 0 Å². The highest BCUT2D eigenvalue weighted by Gasteiger charge is 2.42. The molecule has 0 atom stereocenters. The number of aliphatic hydroxyl groups is 1. The van der Waals surface area contributed by atoms with Crippen molar-refractivity contribution in [3.63, 3.8) is 0 Å². The van der Waals surface area contributed by atoms with Crippen LogP contribution in [0.1, 0.15) is 16.7 Å². The Hall–Kier alpha value is -2.92. The summed E-state index contributed by atoms with van der Waals surface area (Å²) in [6.07, 6.45) is 0. The maximum absolute atomic E-state index is 13.3. The van der Waals surface area contributed by atoms with Crippen LogP contribution in [0, 0.1) is 13.8 Å². The first-order chi connectivity index (χ1) is 12.5. The van der Waals surface area contributed by atoms with Crippen LogP contribution in [0.25, 0.3) is 5.57 Å². The standard InChI is InChI=1S/C21H22N2O3/c1-14-9-10-15(2)17(13-14)23-20(25)18(16-7-5-4-6-8-16)19(21(23)26)22(3)11-12-24/h4-10,13,24H,11-12H2,1-3H3. The zero-order chi connectivity index (χ0) is 18.8. The Morgan fingerprint density at radius 2 is 1.69 bits per heavy atom. The first-order valence-electron chi connectivity index (χ1n) is 8.53. The SMILES string of the molecule is Cc1ccc(C)c(N2C(=O)C(c3ccccc3)=C(N(C)CCO)C2=O)c1. The van der Waals surface area contributed by atoms with Gasteiger partial charge in [-0.15, -0.1) is 0 Å². The minimum atomic E-state index is -0.362. The number of hydrogen-bond acceptors (Lipinski definition) is 4. The van der Waals surface area contributed by atoms with Crippen LogP contribution < -0.4 is 4.90 Å². The Kier molecular flexibility index (Phi) is 4.91. The summed E-state index contributed by atoms with van der Waals surface area (Å²) in [7, 11) is 1.71. The first-order valence-corrected chi connectivity index (χ1v) is 8.53. The van der Waals surface area contributed by atoms with E-state index in [9.17, 15) is 14.7 Å². The highest BCUT2D eigenvalue weighted by molar-refractivity contribution is 6.45. The van der Waals surface area contributed by atoms with E-state index < -0.39 is 0 Å². The van der Waals surface area contributed by atoms with Crippen molar-refractivity contribution in [2.45, 2.75) is 13.8 Å². The van der Waals surface area contributed by atoms with Crippen molar-refractivity contribution in [2.24, 2.45) is 0 Å². The van der Waals surface area contributed by atoms with Crippen LogP contribution in [0.4, 0.5) is 5.69 Å². The van der Waals surface area contributed by atoms with Crippen LogP contribution in [0.2, 0.25) is 0 Å². The lowest BCUT2D eigenvalue weighted by Gasteiger charge is -2.21. The van der Waals surface area contributed by atoms with E-state index >= 15 is 0 Å². The number of benzene rings is 2. The summed E-state index contributed by atoms with van der Waals surface area (Å²) in [6, 6.07) is 14.9. The molecular formula is C21H22N2O3. The molecule has 134 valence electrons. The average Bonchev–Trinajstić information content (AvgIpc) is 2.89. The van der Waals surface area contributed by atoms with Crippen molar-refractivity contribution in [1.29, 1.82) is 0 Å². The zero-order valence-electron chi connectivity index (χ0n) is 15.2. The van der Waals surface area contributed by atoms with E-state index in [-0.39, 0.29) is 25.0 Å². The highest BCUT2D eigenvalue weighted by atomic mass is 16.3. The topological polar surface area (TPSA) is 60.9 Å². The molecule has 1 aliphatic heterocycles. The quantitative estimate of drug-likeness (QED) is 0.842. The van der Waals surface area contributed by atoms with E-state index in [1.54, 1.807) is 11.9 Å². The first kappa shape index (κ1) is 17.9. The maximum Gasteiger partial charge on any atom is 0.282 e. The van der Waals surface area contributed by atoms with Gasteiger partial charge in [0, 0.05) is 13.6 Å². The van der Waals surface area contributed by atoms with Gasteiger partial charge in [-0.2, -0.15) is 0 Å². The number of imide groups is 1. The molecule has 0 unspecified atom stereocenters. The summed E-state index contributed by atoms with van der Waals surface area (Å²) in [5, 5.41) is 9.30. The number of carbonyl (C=O) groups excluding carboxylic acids is 2. The molecule has 1 heterocycles. The van der Waals surface area contributed by atoms with Crippen molar-refractivity contribution in [1.82, 2.24) is 4.90 Å². The molecular weight excluding hydrogens is 328 g/mol. The molecule has 0 bridgehead atoms. The van der Waals surface area contributed by atoms with Crippen molar-refractivity contribution >= 4 is 23.1 Å². The highest BCUT2D eigenvalue weighted by Crippen LogP contribution is 2.35. The molecule has 2 aromatic rings. The Morgan fingerprint density at radius 3 is 2.35 bits per heavy atom. The molecule has 0 fully saturated rings. The van der Waals surface area contributed by atoms with Gasteiger partial charge in [-0.1, -0.05) is 42.5 Å². The molecule has 0 saturated carbocycles. The van der Waals surface area contributed by atoms with Crippen LogP contribution in [-0.4, -0.2) is 42.0 Å². The normalized spacial score (nSPS) is 14.4. The molecule has 0 saturated heterocycles. The van der Waals surface area contributed by atoms with Crippen LogP contribution in [0.5, 0.6) is 0 Å². The van der Waals surface area contributed by atoms with Gasteiger partial charge in [0.15, 0.2) is 0 Å². The average molecular weight is 350 g/mol. The summed E-state index contributed by atoms with van der Waals surface area (Å²) in [4.78, 5) is 29.4. The monoisotopic (exact) mass is 350 g/mol. The number of aryl methyl sites for hydroxylation is 2. The van der Waals surface area contributed by atoms with E-state index in [0.29, 0.717) is 22.5 Å². The fourth-order valence-corrected chi connectivity index (χ4v) is 3.18. The van der Waals surface area contributed by atoms with E-state index in [2.05, 4.69) is 0 Å². The summed E-state index contributed by atoms with van der Waals surface area (Å²) in [5.74, 6) is -0.701. The van der Waals surface area contributed by atoms with Gasteiger partial charge in [0.1, 0.15) is 5.70 Å². The second kappa shape index (κ2) is 7.14. The Bertz CT molecular complexity index is 887. The van der Waals surface area contributed by atoms with Crippen molar-refractivity contribution in [2.75, 3.05) is 25.1 Å². The fraction of sp³-hybridized carbons (Fsp3) is 0.238. The molecule has 5 nitrogen and oxygen atoms in total. The number of carbonyl (C=O) groups is 2. The van der Waals surface area contributed by atoms with E-state index in [4.69, 9.17) is 0 Å². The fourth-order valence-electron chi connectivity index (χ4n) is 3.18. The molecule has 0 radical (unpaired) electrons. The Balaban J connectivity index is 2.16. The number of amides is 2. The lowest BCUT2D eigenvalue weighted by molar-refractivity contribution is -0.120. The molecule has 2 aromatic carbocycles. The predicted octanol–water partition coefficient (Wildman–Crippen LogP) is 2.51. The molecule has 3 rings (SSSR count).